The molecule has 7 nitrogen and oxygen atoms in total. The standard InChI is InChI=1S/C40H74NO6P/c1-3-5-7-9-11-13-15-16-17-18-19-20-21-22-23-24-26-28-30-32-34-36-40(43)41-38(37-47-48(44,45)46)39(42)35-33-31-29-27-25-14-12-10-8-6-4-2/h17-18,20-21,23-24,28,30,38-39,42H,3-16,19,22,25-27,29,31-37H2,1-2H3,(H,41,43)(H2,44,45,46)/b18-17+,21-20+,24-23+,30-28+/t38-,39+/m0/s1. The van der Waals surface area contributed by atoms with Crippen LogP contribution in [0.2, 0.25) is 0 Å². The molecule has 0 aliphatic carbocycles. The van der Waals surface area contributed by atoms with Crippen molar-refractivity contribution in [1.29, 1.82) is 0 Å². The Morgan fingerprint density at radius 1 is 0.604 bits per heavy atom. The first-order chi connectivity index (χ1) is 23.3. The van der Waals surface area contributed by atoms with Crippen LogP contribution in [0.25, 0.3) is 0 Å². The normalized spacial score (nSPS) is 13.9. The Morgan fingerprint density at radius 2 is 1.00 bits per heavy atom. The lowest BCUT2D eigenvalue weighted by molar-refractivity contribution is -0.123. The number of unbranched alkanes of at least 4 members (excludes halogenated alkanes) is 18. The molecule has 0 fully saturated rings. The number of phosphoric acid groups is 1. The van der Waals surface area contributed by atoms with Gasteiger partial charge in [0.05, 0.1) is 18.8 Å². The number of rotatable bonds is 35. The summed E-state index contributed by atoms with van der Waals surface area (Å²) in [7, 11) is -4.70. The Bertz CT molecular complexity index is 881. The lowest BCUT2D eigenvalue weighted by Crippen LogP contribution is -2.46. The van der Waals surface area contributed by atoms with E-state index in [9.17, 15) is 14.5 Å². The van der Waals surface area contributed by atoms with Crippen LogP contribution < -0.4 is 5.32 Å². The summed E-state index contributed by atoms with van der Waals surface area (Å²) in [6, 6.07) is -0.853. The number of hydrogen-bond acceptors (Lipinski definition) is 4. The maximum Gasteiger partial charge on any atom is 0.469 e. The molecule has 0 spiro atoms. The minimum absolute atomic E-state index is 0.250. The van der Waals surface area contributed by atoms with Gasteiger partial charge in [-0.15, -0.1) is 0 Å². The summed E-state index contributed by atoms with van der Waals surface area (Å²) < 4.78 is 15.9. The molecule has 0 aromatic heterocycles. The highest BCUT2D eigenvalue weighted by Crippen LogP contribution is 2.36. The number of aliphatic hydroxyl groups is 1. The lowest BCUT2D eigenvalue weighted by atomic mass is 10.0. The van der Waals surface area contributed by atoms with Crippen LogP contribution in [0.5, 0.6) is 0 Å². The summed E-state index contributed by atoms with van der Waals surface area (Å²) >= 11 is 0. The number of hydrogen-bond donors (Lipinski definition) is 4. The second-order valence-corrected chi connectivity index (χ2v) is 14.5. The molecule has 2 atom stereocenters. The van der Waals surface area contributed by atoms with E-state index in [1.165, 1.54) is 103 Å². The third kappa shape index (κ3) is 35.8. The van der Waals surface area contributed by atoms with Gasteiger partial charge in [0.15, 0.2) is 0 Å². The van der Waals surface area contributed by atoms with Gasteiger partial charge in [0.1, 0.15) is 0 Å². The number of aliphatic hydroxyl groups excluding tert-OH is 1. The highest BCUT2D eigenvalue weighted by Gasteiger charge is 2.25. The molecule has 0 rings (SSSR count). The van der Waals surface area contributed by atoms with Gasteiger partial charge in [-0.25, -0.2) is 4.57 Å². The van der Waals surface area contributed by atoms with Gasteiger partial charge in [-0.05, 0) is 51.4 Å². The zero-order valence-corrected chi connectivity index (χ0v) is 31.8. The molecule has 0 unspecified atom stereocenters. The third-order valence-electron chi connectivity index (χ3n) is 8.57. The van der Waals surface area contributed by atoms with Crippen LogP contribution in [0, 0.1) is 0 Å². The molecule has 280 valence electrons. The second kappa shape index (κ2) is 35.3. The van der Waals surface area contributed by atoms with E-state index in [0.717, 1.165) is 44.9 Å². The number of phosphoric ester groups is 1. The van der Waals surface area contributed by atoms with E-state index < -0.39 is 26.6 Å². The maximum atomic E-state index is 12.5. The second-order valence-electron chi connectivity index (χ2n) is 13.2. The fraction of sp³-hybridized carbons (Fsp3) is 0.775. The molecule has 0 heterocycles. The average molecular weight is 696 g/mol. The Hall–Kier alpha value is -1.50. The number of nitrogens with one attached hydrogen (secondary N) is 1. The summed E-state index contributed by atoms with van der Waals surface area (Å²) in [6.07, 6.45) is 45.3. The molecule has 0 aliphatic rings. The monoisotopic (exact) mass is 696 g/mol. The quantitative estimate of drug-likeness (QED) is 0.0298. The molecular formula is C40H74NO6P. The van der Waals surface area contributed by atoms with Gasteiger partial charge >= 0.3 is 7.82 Å². The van der Waals surface area contributed by atoms with Crippen molar-refractivity contribution in [2.75, 3.05) is 6.61 Å². The van der Waals surface area contributed by atoms with Gasteiger partial charge in [-0.2, -0.15) is 0 Å². The average Bonchev–Trinajstić information content (AvgIpc) is 3.05. The van der Waals surface area contributed by atoms with Gasteiger partial charge in [-0.1, -0.05) is 172 Å². The van der Waals surface area contributed by atoms with Crippen molar-refractivity contribution in [3.63, 3.8) is 0 Å². The van der Waals surface area contributed by atoms with Gasteiger partial charge in [0.25, 0.3) is 0 Å². The van der Waals surface area contributed by atoms with Crippen molar-refractivity contribution < 1.29 is 28.8 Å². The molecule has 0 bridgehead atoms. The summed E-state index contributed by atoms with van der Waals surface area (Å²) in [6.45, 7) is 4.07. The topological polar surface area (TPSA) is 116 Å². The predicted molar refractivity (Wildman–Crippen MR) is 204 cm³/mol. The Morgan fingerprint density at radius 3 is 1.46 bits per heavy atom. The van der Waals surface area contributed by atoms with Gasteiger partial charge in [0, 0.05) is 6.42 Å². The van der Waals surface area contributed by atoms with E-state index in [2.05, 4.69) is 72.3 Å². The molecule has 4 N–H and O–H groups in total. The summed E-state index contributed by atoms with van der Waals surface area (Å²) in [5, 5.41) is 13.4. The van der Waals surface area contributed by atoms with Crippen LogP contribution in [0.15, 0.2) is 48.6 Å². The number of amides is 1. The predicted octanol–water partition coefficient (Wildman–Crippen LogP) is 11.3. The molecule has 0 aromatic rings. The van der Waals surface area contributed by atoms with Crippen molar-refractivity contribution in [2.24, 2.45) is 0 Å². The first kappa shape index (κ1) is 46.5. The zero-order chi connectivity index (χ0) is 35.4. The van der Waals surface area contributed by atoms with E-state index in [1.807, 2.05) is 0 Å². The maximum absolute atomic E-state index is 12.5. The number of carbonyl (C=O) groups is 1. The van der Waals surface area contributed by atoms with Crippen molar-refractivity contribution in [3.05, 3.63) is 48.6 Å². The minimum Gasteiger partial charge on any atom is -0.391 e. The first-order valence-electron chi connectivity index (χ1n) is 19.6. The number of carbonyl (C=O) groups excluding carboxylic acids is 1. The molecule has 0 aliphatic heterocycles. The number of allylic oxidation sites excluding steroid dienone is 8. The van der Waals surface area contributed by atoms with Gasteiger partial charge in [0.2, 0.25) is 5.91 Å². The van der Waals surface area contributed by atoms with Crippen LogP contribution in [0.3, 0.4) is 0 Å². The van der Waals surface area contributed by atoms with Crippen molar-refractivity contribution >= 4 is 13.7 Å². The first-order valence-corrected chi connectivity index (χ1v) is 21.1. The van der Waals surface area contributed by atoms with Crippen molar-refractivity contribution in [1.82, 2.24) is 5.32 Å². The molecular weight excluding hydrogens is 621 g/mol. The highest BCUT2D eigenvalue weighted by molar-refractivity contribution is 7.46. The SMILES string of the molecule is CCCCCCCCC/C=C/C/C=C/C/C=C/C/C=C/CCCC(=O)N[C@@H](COP(=O)(O)O)[C@H](O)CCCCCCCCCCCCC. The van der Waals surface area contributed by atoms with Crippen molar-refractivity contribution in [2.45, 2.75) is 193 Å². The summed E-state index contributed by atoms with van der Waals surface area (Å²) in [5.74, 6) is -0.250. The van der Waals surface area contributed by atoms with Gasteiger partial charge in [-0.3, -0.25) is 9.32 Å². The van der Waals surface area contributed by atoms with Crippen molar-refractivity contribution in [3.8, 4) is 0 Å². The summed E-state index contributed by atoms with van der Waals surface area (Å²) in [5.41, 5.74) is 0. The van der Waals surface area contributed by atoms with E-state index >= 15 is 0 Å². The summed E-state index contributed by atoms with van der Waals surface area (Å²) in [4.78, 5) is 30.8. The van der Waals surface area contributed by atoms with Crippen LogP contribution in [-0.2, 0) is 13.9 Å². The third-order valence-corrected chi connectivity index (χ3v) is 9.05. The molecule has 0 aromatic carbocycles. The van der Waals surface area contributed by atoms with E-state index in [0.29, 0.717) is 12.8 Å². The molecule has 0 saturated carbocycles. The van der Waals surface area contributed by atoms with Crippen LogP contribution in [0.1, 0.15) is 181 Å². The lowest BCUT2D eigenvalue weighted by Gasteiger charge is -2.24. The highest BCUT2D eigenvalue weighted by atomic mass is 31.2. The fourth-order valence-electron chi connectivity index (χ4n) is 5.57. The Balaban J connectivity index is 4.06. The smallest absolute Gasteiger partial charge is 0.391 e. The molecule has 8 heteroatoms. The minimum atomic E-state index is -4.70. The van der Waals surface area contributed by atoms with E-state index in [-0.39, 0.29) is 12.3 Å². The largest absolute Gasteiger partial charge is 0.469 e. The van der Waals surface area contributed by atoms with E-state index in [1.54, 1.807) is 0 Å². The molecule has 48 heavy (non-hydrogen) atoms. The molecule has 0 radical (unpaired) electrons. The van der Waals surface area contributed by atoms with Crippen LogP contribution >= 0.6 is 7.82 Å². The van der Waals surface area contributed by atoms with Crippen LogP contribution in [-0.4, -0.2) is 39.6 Å². The fourth-order valence-corrected chi connectivity index (χ4v) is 5.93. The molecule has 0 saturated heterocycles. The van der Waals surface area contributed by atoms with Gasteiger partial charge < -0.3 is 20.2 Å². The van der Waals surface area contributed by atoms with Crippen LogP contribution in [0.4, 0.5) is 0 Å². The van der Waals surface area contributed by atoms with E-state index in [4.69, 9.17) is 9.79 Å². The molecule has 1 amide bonds. The Kier molecular flexibility index (Phi) is 34.2. The zero-order valence-electron chi connectivity index (χ0n) is 30.9. The Labute approximate surface area is 295 Å².